The number of ether oxygens (including phenoxy) is 1. The van der Waals surface area contributed by atoms with Crippen LogP contribution >= 0.6 is 0 Å². The number of amides is 1. The Kier molecular flexibility index (Phi) is 6.03. The highest BCUT2D eigenvalue weighted by molar-refractivity contribution is 6.07. The molecule has 0 saturated heterocycles. The van der Waals surface area contributed by atoms with Gasteiger partial charge in [0.2, 0.25) is 0 Å². The molecular weight excluding hydrogens is 404 g/mol. The third kappa shape index (κ3) is 4.25. The molecule has 1 aliphatic carbocycles. The number of para-hydroxylation sites is 1. The molecule has 1 heterocycles. The smallest absolute Gasteiger partial charge is 0.339 e. The molecule has 4 rings (SSSR count). The highest BCUT2D eigenvalue weighted by atomic mass is 16.5. The first-order valence-electron chi connectivity index (χ1n) is 10.5. The molecule has 0 unspecified atom stereocenters. The zero-order chi connectivity index (χ0) is 22.7. The molecule has 0 spiro atoms. The summed E-state index contributed by atoms with van der Waals surface area (Å²) in [6.45, 7) is 5.43. The Bertz CT molecular complexity index is 1230. The summed E-state index contributed by atoms with van der Waals surface area (Å²) in [6, 6.07) is 14.4. The van der Waals surface area contributed by atoms with Gasteiger partial charge in [-0.2, -0.15) is 0 Å². The van der Waals surface area contributed by atoms with E-state index >= 15 is 0 Å². The molecule has 0 radical (unpaired) electrons. The highest BCUT2D eigenvalue weighted by Gasteiger charge is 2.29. The third-order valence-corrected chi connectivity index (χ3v) is 5.45. The van der Waals surface area contributed by atoms with Crippen LogP contribution in [0.15, 0.2) is 61.2 Å². The van der Waals surface area contributed by atoms with E-state index in [9.17, 15) is 14.7 Å². The molecule has 32 heavy (non-hydrogen) atoms. The molecule has 1 aliphatic rings. The molecule has 0 aliphatic heterocycles. The Morgan fingerprint density at radius 3 is 2.69 bits per heavy atom. The number of phenols is 1. The Morgan fingerprint density at radius 2 is 1.94 bits per heavy atom. The number of nitrogens with one attached hydrogen (secondary N) is 1. The van der Waals surface area contributed by atoms with E-state index in [1.807, 2.05) is 42.5 Å². The van der Waals surface area contributed by atoms with Gasteiger partial charge in [0.25, 0.3) is 5.91 Å². The predicted molar refractivity (Wildman–Crippen MR) is 124 cm³/mol. The van der Waals surface area contributed by atoms with E-state index in [4.69, 9.17) is 9.72 Å². The van der Waals surface area contributed by atoms with Crippen LogP contribution in [-0.4, -0.2) is 34.6 Å². The number of hydrogen-bond acceptors (Lipinski definition) is 5. The first-order valence-corrected chi connectivity index (χ1v) is 10.5. The quantitative estimate of drug-likeness (QED) is 0.452. The van der Waals surface area contributed by atoms with Crippen LogP contribution in [0, 0.1) is 0 Å². The van der Waals surface area contributed by atoms with Crippen molar-refractivity contribution in [1.82, 2.24) is 10.3 Å². The van der Waals surface area contributed by atoms with Crippen molar-refractivity contribution in [2.45, 2.75) is 25.9 Å². The summed E-state index contributed by atoms with van der Waals surface area (Å²) in [5.74, 6) is -0.701. The van der Waals surface area contributed by atoms with Crippen LogP contribution < -0.4 is 5.32 Å². The van der Waals surface area contributed by atoms with Gasteiger partial charge in [0.15, 0.2) is 6.10 Å². The number of aromatic hydroxyl groups is 1. The van der Waals surface area contributed by atoms with Crippen molar-refractivity contribution >= 4 is 34.4 Å². The molecule has 162 valence electrons. The molecule has 1 amide bonds. The van der Waals surface area contributed by atoms with Gasteiger partial charge in [-0.1, -0.05) is 36.4 Å². The number of carbonyl (C=O) groups is 2. The summed E-state index contributed by atoms with van der Waals surface area (Å²) in [6.07, 6.45) is 4.04. The van der Waals surface area contributed by atoms with Gasteiger partial charge in [-0.25, -0.2) is 9.78 Å². The summed E-state index contributed by atoms with van der Waals surface area (Å²) in [7, 11) is 0. The molecule has 2 N–H and O–H groups in total. The van der Waals surface area contributed by atoms with Crippen molar-refractivity contribution in [3.05, 3.63) is 83.6 Å². The number of esters is 1. The maximum absolute atomic E-state index is 13.2. The van der Waals surface area contributed by atoms with Crippen LogP contribution in [0.1, 0.15) is 40.5 Å². The number of benzene rings is 2. The van der Waals surface area contributed by atoms with Crippen LogP contribution in [0.5, 0.6) is 5.75 Å². The van der Waals surface area contributed by atoms with Crippen molar-refractivity contribution in [3.63, 3.8) is 0 Å². The van der Waals surface area contributed by atoms with Crippen molar-refractivity contribution in [2.24, 2.45) is 0 Å². The summed E-state index contributed by atoms with van der Waals surface area (Å²) >= 11 is 0. The van der Waals surface area contributed by atoms with Crippen LogP contribution in [0.2, 0.25) is 0 Å². The second kappa shape index (κ2) is 9.06. The van der Waals surface area contributed by atoms with Crippen LogP contribution in [-0.2, 0) is 16.0 Å². The molecule has 3 aromatic rings. The molecular formula is C26H24N2O4. The van der Waals surface area contributed by atoms with Crippen LogP contribution in [0.3, 0.4) is 0 Å². The molecule has 1 atom stereocenters. The number of hydrogen-bond donors (Lipinski definition) is 2. The second-order valence-electron chi connectivity index (χ2n) is 7.67. The number of aromatic nitrogens is 1. The monoisotopic (exact) mass is 428 g/mol. The molecule has 0 bridgehead atoms. The number of phenolic OH excluding ortho intramolecular Hbond substituents is 1. The van der Waals surface area contributed by atoms with Crippen molar-refractivity contribution in [1.29, 1.82) is 0 Å². The van der Waals surface area contributed by atoms with E-state index in [0.717, 1.165) is 28.8 Å². The number of carbonyl (C=O) groups excluding carboxylic acids is 2. The van der Waals surface area contributed by atoms with Gasteiger partial charge in [0.1, 0.15) is 5.75 Å². The average Bonchev–Trinajstić information content (AvgIpc) is 3.19. The summed E-state index contributed by atoms with van der Waals surface area (Å²) in [5, 5.41) is 12.9. The number of pyridine rings is 1. The van der Waals surface area contributed by atoms with Gasteiger partial charge in [-0.15, -0.1) is 6.58 Å². The SMILES string of the molecule is C=CCNC(=O)[C@H](C)OC(=O)c1c2c(nc3ccccc13)/C(=C/c1ccc(O)cc1)CC2. The highest BCUT2D eigenvalue weighted by Crippen LogP contribution is 2.38. The summed E-state index contributed by atoms with van der Waals surface area (Å²) in [5.41, 5.74) is 4.72. The second-order valence-corrected chi connectivity index (χ2v) is 7.67. The van der Waals surface area contributed by atoms with E-state index in [-0.39, 0.29) is 11.7 Å². The van der Waals surface area contributed by atoms with Gasteiger partial charge in [-0.3, -0.25) is 4.79 Å². The average molecular weight is 428 g/mol. The van der Waals surface area contributed by atoms with Gasteiger partial charge in [-0.05, 0) is 60.7 Å². The van der Waals surface area contributed by atoms with Gasteiger partial charge in [0.05, 0.1) is 16.8 Å². The lowest BCUT2D eigenvalue weighted by atomic mass is 10.0. The van der Waals surface area contributed by atoms with E-state index in [0.29, 0.717) is 29.4 Å². The molecule has 1 aromatic heterocycles. The van der Waals surface area contributed by atoms with E-state index < -0.39 is 12.1 Å². The van der Waals surface area contributed by atoms with Gasteiger partial charge in [0, 0.05) is 11.9 Å². The first-order chi connectivity index (χ1) is 15.5. The zero-order valence-electron chi connectivity index (χ0n) is 17.8. The summed E-state index contributed by atoms with van der Waals surface area (Å²) < 4.78 is 5.54. The van der Waals surface area contributed by atoms with Crippen molar-refractivity contribution in [3.8, 4) is 5.75 Å². The largest absolute Gasteiger partial charge is 0.508 e. The minimum Gasteiger partial charge on any atom is -0.508 e. The van der Waals surface area contributed by atoms with E-state index in [1.165, 1.54) is 0 Å². The molecule has 6 heteroatoms. The standard InChI is InChI=1S/C26H24N2O4/c1-3-14-27-25(30)16(2)32-26(31)23-20-6-4-5-7-22(20)28-24-18(10-13-21(23)24)15-17-8-11-19(29)12-9-17/h3-9,11-12,15-16,29H,1,10,13-14H2,2H3,(H,27,30)/b18-15+/t16-/m0/s1. The first kappa shape index (κ1) is 21.3. The number of rotatable bonds is 6. The maximum Gasteiger partial charge on any atom is 0.339 e. The van der Waals surface area contributed by atoms with Gasteiger partial charge < -0.3 is 15.2 Å². The maximum atomic E-state index is 13.2. The van der Waals surface area contributed by atoms with Gasteiger partial charge >= 0.3 is 5.97 Å². The lowest BCUT2D eigenvalue weighted by Crippen LogP contribution is -2.36. The van der Waals surface area contributed by atoms with E-state index in [2.05, 4.69) is 11.9 Å². The fraction of sp³-hybridized carbons (Fsp3) is 0.192. The Balaban J connectivity index is 1.73. The van der Waals surface area contributed by atoms with Crippen molar-refractivity contribution in [2.75, 3.05) is 6.54 Å². The Morgan fingerprint density at radius 1 is 1.19 bits per heavy atom. The minimum atomic E-state index is -0.932. The topological polar surface area (TPSA) is 88.5 Å². The normalized spacial score (nSPS) is 14.7. The minimum absolute atomic E-state index is 0.208. The molecule has 2 aromatic carbocycles. The number of nitrogens with zero attached hydrogens (tertiary/aromatic N) is 1. The Hall–Kier alpha value is -3.93. The van der Waals surface area contributed by atoms with Crippen molar-refractivity contribution < 1.29 is 19.4 Å². The zero-order valence-corrected chi connectivity index (χ0v) is 17.8. The third-order valence-electron chi connectivity index (χ3n) is 5.45. The Labute approximate surface area is 186 Å². The fourth-order valence-electron chi connectivity index (χ4n) is 3.87. The molecule has 0 saturated carbocycles. The molecule has 0 fully saturated rings. The van der Waals surface area contributed by atoms with Crippen LogP contribution in [0.4, 0.5) is 0 Å². The van der Waals surface area contributed by atoms with Crippen LogP contribution in [0.25, 0.3) is 22.6 Å². The summed E-state index contributed by atoms with van der Waals surface area (Å²) in [4.78, 5) is 30.2. The number of fused-ring (bicyclic) bond motifs is 2. The van der Waals surface area contributed by atoms with E-state index in [1.54, 1.807) is 25.1 Å². The lowest BCUT2D eigenvalue weighted by Gasteiger charge is -2.16. The number of allylic oxidation sites excluding steroid dienone is 1. The molecule has 6 nitrogen and oxygen atoms in total. The predicted octanol–water partition coefficient (Wildman–Crippen LogP) is 4.27. The lowest BCUT2D eigenvalue weighted by molar-refractivity contribution is -0.128. The fourth-order valence-corrected chi connectivity index (χ4v) is 3.87.